The molecule has 15 heavy (non-hydrogen) atoms. The smallest absolute Gasteiger partial charge is 0.327 e. The molecular weight excluding hydrogens is 198 g/mol. The molecule has 0 aromatic carbocycles. The lowest BCUT2D eigenvalue weighted by Crippen LogP contribution is -2.34. The number of nitrogens with zero attached hydrogens (tertiary/aromatic N) is 1. The SMILES string of the molecule is CC1CN(CCC(=O)ONN)CCCO1. The van der Waals surface area contributed by atoms with Crippen LogP contribution in [0.15, 0.2) is 0 Å². The van der Waals surface area contributed by atoms with Crippen LogP contribution in [-0.4, -0.2) is 43.2 Å². The topological polar surface area (TPSA) is 76.8 Å². The summed E-state index contributed by atoms with van der Waals surface area (Å²) in [5.41, 5.74) is 1.88. The van der Waals surface area contributed by atoms with Crippen LogP contribution in [0.5, 0.6) is 0 Å². The summed E-state index contributed by atoms with van der Waals surface area (Å²) in [7, 11) is 0. The zero-order chi connectivity index (χ0) is 11.1. The van der Waals surface area contributed by atoms with Gasteiger partial charge in [-0.2, -0.15) is 0 Å². The number of hydrogen-bond donors (Lipinski definition) is 2. The predicted molar refractivity (Wildman–Crippen MR) is 54.5 cm³/mol. The first-order valence-electron chi connectivity index (χ1n) is 5.21. The molecule has 3 N–H and O–H groups in total. The number of carbonyl (C=O) groups excluding carboxylic acids is 1. The number of ether oxygens (including phenoxy) is 1. The summed E-state index contributed by atoms with van der Waals surface area (Å²) < 4.78 is 5.50. The van der Waals surface area contributed by atoms with Crippen LogP contribution in [0.25, 0.3) is 0 Å². The van der Waals surface area contributed by atoms with Gasteiger partial charge in [0.1, 0.15) is 0 Å². The third-order valence-corrected chi connectivity index (χ3v) is 2.34. The highest BCUT2D eigenvalue weighted by Crippen LogP contribution is 2.05. The molecule has 1 aliphatic heterocycles. The second-order valence-corrected chi connectivity index (χ2v) is 3.68. The van der Waals surface area contributed by atoms with Gasteiger partial charge in [0, 0.05) is 26.2 Å². The lowest BCUT2D eigenvalue weighted by molar-refractivity contribution is -0.151. The third-order valence-electron chi connectivity index (χ3n) is 2.34. The monoisotopic (exact) mass is 217 g/mol. The molecule has 0 amide bonds. The number of nitrogens with two attached hydrogens (primary N) is 1. The van der Waals surface area contributed by atoms with Crippen molar-refractivity contribution in [1.29, 1.82) is 0 Å². The molecule has 1 heterocycles. The maximum atomic E-state index is 11.0. The van der Waals surface area contributed by atoms with Crippen molar-refractivity contribution in [3.63, 3.8) is 0 Å². The first-order valence-corrected chi connectivity index (χ1v) is 5.21. The van der Waals surface area contributed by atoms with E-state index in [1.807, 2.05) is 12.5 Å². The molecule has 1 fully saturated rings. The van der Waals surface area contributed by atoms with Gasteiger partial charge in [-0.15, -0.1) is 0 Å². The number of hydrazine groups is 1. The minimum atomic E-state index is -0.338. The van der Waals surface area contributed by atoms with Gasteiger partial charge in [-0.1, -0.05) is 5.59 Å². The largest absolute Gasteiger partial charge is 0.377 e. The summed E-state index contributed by atoms with van der Waals surface area (Å²) in [5, 5.41) is 0. The van der Waals surface area contributed by atoms with Crippen molar-refractivity contribution in [3.8, 4) is 0 Å². The predicted octanol–water partition coefficient (Wildman–Crippen LogP) is -0.591. The molecule has 6 nitrogen and oxygen atoms in total. The molecule has 1 saturated heterocycles. The fourth-order valence-corrected chi connectivity index (χ4v) is 1.65. The van der Waals surface area contributed by atoms with E-state index in [4.69, 9.17) is 10.6 Å². The molecule has 88 valence electrons. The fourth-order valence-electron chi connectivity index (χ4n) is 1.65. The summed E-state index contributed by atoms with van der Waals surface area (Å²) in [6, 6.07) is 0. The highest BCUT2D eigenvalue weighted by molar-refractivity contribution is 5.69. The van der Waals surface area contributed by atoms with Crippen molar-refractivity contribution in [3.05, 3.63) is 0 Å². The average molecular weight is 217 g/mol. The minimum Gasteiger partial charge on any atom is -0.377 e. The summed E-state index contributed by atoms with van der Waals surface area (Å²) >= 11 is 0. The second kappa shape index (κ2) is 6.73. The van der Waals surface area contributed by atoms with Crippen LogP contribution < -0.4 is 11.4 Å². The Morgan fingerprint density at radius 1 is 1.73 bits per heavy atom. The van der Waals surface area contributed by atoms with Gasteiger partial charge in [0.15, 0.2) is 0 Å². The van der Waals surface area contributed by atoms with Crippen LogP contribution >= 0.6 is 0 Å². The van der Waals surface area contributed by atoms with E-state index in [2.05, 4.69) is 9.74 Å². The van der Waals surface area contributed by atoms with E-state index in [1.165, 1.54) is 0 Å². The zero-order valence-electron chi connectivity index (χ0n) is 9.07. The molecule has 0 saturated carbocycles. The van der Waals surface area contributed by atoms with Crippen molar-refractivity contribution < 1.29 is 14.4 Å². The Morgan fingerprint density at radius 3 is 3.27 bits per heavy atom. The Balaban J connectivity index is 2.21. The molecule has 0 aliphatic carbocycles. The Labute approximate surface area is 89.6 Å². The maximum Gasteiger partial charge on any atom is 0.327 e. The Kier molecular flexibility index (Phi) is 5.56. The highest BCUT2D eigenvalue weighted by Gasteiger charge is 2.15. The van der Waals surface area contributed by atoms with Gasteiger partial charge < -0.3 is 14.5 Å². The van der Waals surface area contributed by atoms with Crippen LogP contribution in [0.1, 0.15) is 19.8 Å². The van der Waals surface area contributed by atoms with Gasteiger partial charge >= 0.3 is 5.97 Å². The first-order chi connectivity index (χ1) is 7.22. The summed E-state index contributed by atoms with van der Waals surface area (Å²) in [4.78, 5) is 17.7. The van der Waals surface area contributed by atoms with Gasteiger partial charge in [0.05, 0.1) is 12.5 Å². The van der Waals surface area contributed by atoms with Gasteiger partial charge in [-0.05, 0) is 13.3 Å². The number of hydrogen-bond acceptors (Lipinski definition) is 6. The van der Waals surface area contributed by atoms with E-state index in [0.29, 0.717) is 13.0 Å². The van der Waals surface area contributed by atoms with Gasteiger partial charge in [-0.3, -0.25) is 4.79 Å². The van der Waals surface area contributed by atoms with Crippen molar-refractivity contribution in [2.45, 2.75) is 25.9 Å². The van der Waals surface area contributed by atoms with E-state index in [-0.39, 0.29) is 12.1 Å². The van der Waals surface area contributed by atoms with Crippen molar-refractivity contribution in [2.75, 3.05) is 26.2 Å². The van der Waals surface area contributed by atoms with Crippen molar-refractivity contribution >= 4 is 5.97 Å². The molecule has 1 rings (SSSR count). The van der Waals surface area contributed by atoms with E-state index in [1.54, 1.807) is 0 Å². The summed E-state index contributed by atoms with van der Waals surface area (Å²) in [6.07, 6.45) is 1.59. The maximum absolute atomic E-state index is 11.0. The molecule has 1 unspecified atom stereocenters. The molecule has 0 aromatic heterocycles. The first kappa shape index (κ1) is 12.4. The number of rotatable bonds is 4. The molecule has 0 bridgehead atoms. The van der Waals surface area contributed by atoms with E-state index < -0.39 is 0 Å². The minimum absolute atomic E-state index is 0.233. The van der Waals surface area contributed by atoms with E-state index in [0.717, 1.165) is 26.1 Å². The Morgan fingerprint density at radius 2 is 2.53 bits per heavy atom. The second-order valence-electron chi connectivity index (χ2n) is 3.68. The number of nitrogens with one attached hydrogen (secondary N) is 1. The van der Waals surface area contributed by atoms with Crippen LogP contribution in [0, 0.1) is 0 Å². The molecule has 1 atom stereocenters. The molecular formula is C9H19N3O3. The standard InChI is InChI=1S/C9H19N3O3/c1-8-7-12(4-2-6-14-8)5-3-9(13)15-11-10/h8,11H,2-7,10H2,1H3. The van der Waals surface area contributed by atoms with E-state index in [9.17, 15) is 4.79 Å². The Hall–Kier alpha value is -0.690. The Bertz CT molecular complexity index is 201. The number of carbonyl (C=O) groups is 1. The summed E-state index contributed by atoms with van der Waals surface area (Å²) in [6.45, 7) is 5.36. The highest BCUT2D eigenvalue weighted by atomic mass is 16.7. The van der Waals surface area contributed by atoms with E-state index >= 15 is 0 Å². The molecule has 0 spiro atoms. The van der Waals surface area contributed by atoms with Crippen LogP contribution in [0.3, 0.4) is 0 Å². The normalized spacial score (nSPS) is 23.5. The molecule has 6 heteroatoms. The van der Waals surface area contributed by atoms with Gasteiger partial charge in [0.25, 0.3) is 0 Å². The molecule has 0 aromatic rings. The van der Waals surface area contributed by atoms with Crippen LogP contribution in [0.2, 0.25) is 0 Å². The van der Waals surface area contributed by atoms with Gasteiger partial charge in [-0.25, -0.2) is 5.84 Å². The lowest BCUT2D eigenvalue weighted by atomic mass is 10.3. The van der Waals surface area contributed by atoms with Crippen LogP contribution in [0.4, 0.5) is 0 Å². The van der Waals surface area contributed by atoms with Crippen molar-refractivity contribution in [2.24, 2.45) is 5.84 Å². The molecule has 1 aliphatic rings. The van der Waals surface area contributed by atoms with Crippen LogP contribution in [-0.2, 0) is 14.4 Å². The molecule has 0 radical (unpaired) electrons. The summed E-state index contributed by atoms with van der Waals surface area (Å²) in [5.74, 6) is 4.52. The lowest BCUT2D eigenvalue weighted by Gasteiger charge is -2.20. The van der Waals surface area contributed by atoms with Crippen molar-refractivity contribution in [1.82, 2.24) is 10.5 Å². The zero-order valence-corrected chi connectivity index (χ0v) is 9.07. The quantitative estimate of drug-likeness (QED) is 0.484. The van der Waals surface area contributed by atoms with Gasteiger partial charge in [0.2, 0.25) is 0 Å². The third kappa shape index (κ3) is 5.08. The fraction of sp³-hybridized carbons (Fsp3) is 0.889. The average Bonchev–Trinajstić information content (AvgIpc) is 2.40.